The molecule has 2 aromatic rings. The summed E-state index contributed by atoms with van der Waals surface area (Å²) >= 11 is 0. The first-order chi connectivity index (χ1) is 16.1. The number of likely N-dealkylation sites (tertiary alicyclic amines) is 1. The topological polar surface area (TPSA) is 78.9 Å². The minimum atomic E-state index is -0.308. The number of carbonyl (C=O) groups is 2. The number of carbonyl (C=O) groups excluding carboxylic acids is 2. The van der Waals surface area contributed by atoms with Crippen LogP contribution < -0.4 is 9.64 Å². The van der Waals surface area contributed by atoms with Crippen molar-refractivity contribution in [2.45, 2.75) is 38.6 Å². The number of piperazine rings is 1. The first-order valence-electron chi connectivity index (χ1n) is 11.9. The van der Waals surface area contributed by atoms with Gasteiger partial charge in [0.05, 0.1) is 19.1 Å². The summed E-state index contributed by atoms with van der Waals surface area (Å²) in [7, 11) is 1.64. The van der Waals surface area contributed by atoms with Crippen LogP contribution in [-0.4, -0.2) is 71.4 Å². The van der Waals surface area contributed by atoms with Crippen LogP contribution in [0.1, 0.15) is 44.2 Å². The van der Waals surface area contributed by atoms with Gasteiger partial charge in [0.1, 0.15) is 5.75 Å². The number of anilines is 1. The highest BCUT2D eigenvalue weighted by molar-refractivity contribution is 5.85. The van der Waals surface area contributed by atoms with E-state index in [-0.39, 0.29) is 23.8 Å². The number of aromatic nitrogens is 2. The second kappa shape index (κ2) is 10.6. The molecule has 2 aliphatic rings. The van der Waals surface area contributed by atoms with Crippen molar-refractivity contribution < 1.29 is 14.3 Å². The molecule has 176 valence electrons. The lowest BCUT2D eigenvalue weighted by Gasteiger charge is -2.44. The Kier molecular flexibility index (Phi) is 7.42. The number of hydrogen-bond donors (Lipinski definition) is 0. The van der Waals surface area contributed by atoms with Crippen LogP contribution in [0.4, 0.5) is 5.95 Å². The lowest BCUT2D eigenvalue weighted by Crippen LogP contribution is -2.54. The first kappa shape index (κ1) is 23.0. The molecule has 2 unspecified atom stereocenters. The van der Waals surface area contributed by atoms with Gasteiger partial charge in [0.15, 0.2) is 0 Å². The van der Waals surface area contributed by atoms with Crippen LogP contribution in [-0.2, 0) is 9.59 Å². The molecule has 2 atom stereocenters. The van der Waals surface area contributed by atoms with Crippen molar-refractivity contribution in [2.75, 3.05) is 44.7 Å². The smallest absolute Gasteiger partial charge is 0.228 e. The number of piperidine rings is 1. The fourth-order valence-electron chi connectivity index (χ4n) is 4.91. The van der Waals surface area contributed by atoms with E-state index in [0.717, 1.165) is 24.2 Å². The number of hydrogen-bond acceptors (Lipinski definition) is 6. The largest absolute Gasteiger partial charge is 0.496 e. The number of para-hydroxylation sites is 1. The second-order valence-corrected chi connectivity index (χ2v) is 8.63. The zero-order chi connectivity index (χ0) is 23.2. The Morgan fingerprint density at radius 1 is 1.09 bits per heavy atom. The Labute approximate surface area is 195 Å². The minimum absolute atomic E-state index is 0.119. The van der Waals surface area contributed by atoms with Crippen molar-refractivity contribution in [2.24, 2.45) is 5.92 Å². The monoisotopic (exact) mass is 451 g/mol. The Hall–Kier alpha value is -3.16. The molecule has 0 bridgehead atoms. The molecule has 2 fully saturated rings. The molecular weight excluding hydrogens is 418 g/mol. The minimum Gasteiger partial charge on any atom is -0.496 e. The van der Waals surface area contributed by atoms with E-state index in [1.165, 1.54) is 0 Å². The summed E-state index contributed by atoms with van der Waals surface area (Å²) in [5.41, 5.74) is 0.916. The Bertz CT molecular complexity index is 946. The second-order valence-electron chi connectivity index (χ2n) is 8.63. The van der Waals surface area contributed by atoms with Gasteiger partial charge in [-0.2, -0.15) is 0 Å². The van der Waals surface area contributed by atoms with Crippen LogP contribution >= 0.6 is 0 Å². The highest BCUT2D eigenvalue weighted by Gasteiger charge is 2.43. The summed E-state index contributed by atoms with van der Waals surface area (Å²) in [6.07, 6.45) is 6.34. The van der Waals surface area contributed by atoms with Gasteiger partial charge in [-0.15, -0.1) is 0 Å². The van der Waals surface area contributed by atoms with Crippen LogP contribution in [0.15, 0.2) is 42.7 Å². The quantitative estimate of drug-likeness (QED) is 0.644. The zero-order valence-electron chi connectivity index (χ0n) is 19.5. The normalized spacial score (nSPS) is 21.3. The average molecular weight is 452 g/mol. The maximum Gasteiger partial charge on any atom is 0.228 e. The summed E-state index contributed by atoms with van der Waals surface area (Å²) in [5.74, 6) is 1.38. The van der Waals surface area contributed by atoms with Gasteiger partial charge in [0.2, 0.25) is 17.8 Å². The van der Waals surface area contributed by atoms with E-state index in [9.17, 15) is 9.59 Å². The molecule has 1 aromatic carbocycles. The van der Waals surface area contributed by atoms with Gasteiger partial charge in [-0.25, -0.2) is 9.97 Å². The Morgan fingerprint density at radius 3 is 2.52 bits per heavy atom. The van der Waals surface area contributed by atoms with Crippen LogP contribution in [0, 0.1) is 5.92 Å². The summed E-state index contributed by atoms with van der Waals surface area (Å²) in [6, 6.07) is 9.27. The van der Waals surface area contributed by atoms with Crippen molar-refractivity contribution >= 4 is 17.8 Å². The van der Waals surface area contributed by atoms with Crippen molar-refractivity contribution in [3.05, 3.63) is 48.3 Å². The maximum absolute atomic E-state index is 13.8. The van der Waals surface area contributed by atoms with E-state index in [1.807, 2.05) is 34.1 Å². The number of unbranched alkanes of at least 4 members (excludes halogenated alkanes) is 1. The predicted octanol–water partition coefficient (Wildman–Crippen LogP) is 2.91. The number of methoxy groups -OCH3 is 1. The standard InChI is InChI=1S/C25H33N5O3/c1-3-4-14-30-22(31)11-10-20(23(30)19-8-5-6-9-21(19)33-2)24(32)28-15-17-29(18-16-28)25-26-12-7-13-27-25/h5-9,12-13,20,23H,3-4,10-11,14-18H2,1-2H3. The molecule has 4 rings (SSSR count). The van der Waals surface area contributed by atoms with Gasteiger partial charge in [-0.3, -0.25) is 9.59 Å². The maximum atomic E-state index is 13.8. The highest BCUT2D eigenvalue weighted by Crippen LogP contribution is 2.41. The lowest BCUT2D eigenvalue weighted by molar-refractivity contribution is -0.148. The van der Waals surface area contributed by atoms with Gasteiger partial charge in [-0.1, -0.05) is 31.5 Å². The van der Waals surface area contributed by atoms with Gasteiger partial charge in [0.25, 0.3) is 0 Å². The molecule has 3 heterocycles. The van der Waals surface area contributed by atoms with Crippen molar-refractivity contribution in [3.8, 4) is 5.75 Å². The van der Waals surface area contributed by atoms with E-state index < -0.39 is 0 Å². The molecule has 0 N–H and O–H groups in total. The zero-order valence-corrected chi connectivity index (χ0v) is 19.5. The number of amides is 2. The summed E-state index contributed by atoms with van der Waals surface area (Å²) in [5, 5.41) is 0. The average Bonchev–Trinajstić information content (AvgIpc) is 2.88. The molecule has 2 amide bonds. The molecule has 0 aliphatic carbocycles. The van der Waals surface area contributed by atoms with Gasteiger partial charge >= 0.3 is 0 Å². The molecule has 8 nitrogen and oxygen atoms in total. The fraction of sp³-hybridized carbons (Fsp3) is 0.520. The molecule has 1 aromatic heterocycles. The molecule has 8 heteroatoms. The van der Waals surface area contributed by atoms with E-state index in [1.54, 1.807) is 25.6 Å². The summed E-state index contributed by atoms with van der Waals surface area (Å²) in [4.78, 5) is 41.4. The molecule has 33 heavy (non-hydrogen) atoms. The molecule has 0 saturated carbocycles. The molecule has 2 saturated heterocycles. The first-order valence-corrected chi connectivity index (χ1v) is 11.9. The van der Waals surface area contributed by atoms with Crippen molar-refractivity contribution in [1.29, 1.82) is 0 Å². The van der Waals surface area contributed by atoms with E-state index in [4.69, 9.17) is 4.74 Å². The summed E-state index contributed by atoms with van der Waals surface area (Å²) < 4.78 is 5.64. The van der Waals surface area contributed by atoms with E-state index in [2.05, 4.69) is 21.8 Å². The molecule has 0 radical (unpaired) electrons. The third-order valence-electron chi connectivity index (χ3n) is 6.66. The van der Waals surface area contributed by atoms with Crippen molar-refractivity contribution in [3.63, 3.8) is 0 Å². The fourth-order valence-corrected chi connectivity index (χ4v) is 4.91. The Morgan fingerprint density at radius 2 is 1.82 bits per heavy atom. The number of nitrogens with zero attached hydrogens (tertiary/aromatic N) is 5. The van der Waals surface area contributed by atoms with Gasteiger partial charge in [-0.05, 0) is 25.0 Å². The Balaban J connectivity index is 1.56. The third kappa shape index (κ3) is 4.94. The van der Waals surface area contributed by atoms with Gasteiger partial charge in [0, 0.05) is 57.1 Å². The van der Waals surface area contributed by atoms with Crippen LogP contribution in [0.2, 0.25) is 0 Å². The van der Waals surface area contributed by atoms with E-state index >= 15 is 0 Å². The summed E-state index contributed by atoms with van der Waals surface area (Å²) in [6.45, 7) is 5.40. The number of rotatable bonds is 7. The molecular formula is C25H33N5O3. The number of ether oxygens (including phenoxy) is 1. The van der Waals surface area contributed by atoms with E-state index in [0.29, 0.717) is 51.5 Å². The number of benzene rings is 1. The third-order valence-corrected chi connectivity index (χ3v) is 6.66. The SMILES string of the molecule is CCCCN1C(=O)CCC(C(=O)N2CCN(c3ncccn3)CC2)C1c1ccccc1OC. The van der Waals surface area contributed by atoms with Crippen LogP contribution in [0.25, 0.3) is 0 Å². The lowest BCUT2D eigenvalue weighted by atomic mass is 9.82. The van der Waals surface area contributed by atoms with Crippen molar-refractivity contribution in [1.82, 2.24) is 19.8 Å². The molecule has 0 spiro atoms. The predicted molar refractivity (Wildman–Crippen MR) is 126 cm³/mol. The highest BCUT2D eigenvalue weighted by atomic mass is 16.5. The van der Waals surface area contributed by atoms with Crippen LogP contribution in [0.5, 0.6) is 5.75 Å². The van der Waals surface area contributed by atoms with Crippen LogP contribution in [0.3, 0.4) is 0 Å². The van der Waals surface area contributed by atoms with Gasteiger partial charge < -0.3 is 19.4 Å². The molecule has 2 aliphatic heterocycles.